The highest BCUT2D eigenvalue weighted by Crippen LogP contribution is 2.67. The molecular weight excluding hydrogens is 328 g/mol. The van der Waals surface area contributed by atoms with Crippen LogP contribution in [-0.4, -0.2) is 21.8 Å². The van der Waals surface area contributed by atoms with Crippen LogP contribution in [0.2, 0.25) is 0 Å². The zero-order valence-corrected chi connectivity index (χ0v) is 16.2. The number of ketones is 2. The average molecular weight is 358 g/mol. The van der Waals surface area contributed by atoms with Crippen LogP contribution in [0.4, 0.5) is 0 Å². The van der Waals surface area contributed by atoms with Gasteiger partial charge in [-0.1, -0.05) is 19.4 Å². The molecule has 0 aromatic carbocycles. The Morgan fingerprint density at radius 3 is 2.54 bits per heavy atom. The Morgan fingerprint density at radius 1 is 1.19 bits per heavy atom. The van der Waals surface area contributed by atoms with Crippen molar-refractivity contribution in [3.8, 4) is 0 Å². The van der Waals surface area contributed by atoms with Crippen LogP contribution in [0.3, 0.4) is 0 Å². The Kier molecular flexibility index (Phi) is 3.74. The molecule has 4 heteroatoms. The number of aliphatic hydroxyl groups is 2. The summed E-state index contributed by atoms with van der Waals surface area (Å²) in [6.07, 6.45) is 6.33. The van der Waals surface area contributed by atoms with Crippen molar-refractivity contribution in [2.24, 2.45) is 40.4 Å². The third kappa shape index (κ3) is 2.02. The first kappa shape index (κ1) is 17.8. The van der Waals surface area contributed by atoms with E-state index in [1.54, 1.807) is 13.0 Å². The average Bonchev–Trinajstić information content (AvgIpc) is 2.85. The van der Waals surface area contributed by atoms with Gasteiger partial charge in [0.15, 0.2) is 5.76 Å². The van der Waals surface area contributed by atoms with E-state index in [1.807, 2.05) is 6.92 Å². The van der Waals surface area contributed by atoms with E-state index in [4.69, 9.17) is 0 Å². The molecule has 4 nitrogen and oxygen atoms in total. The minimum atomic E-state index is -0.710. The Bertz CT molecular complexity index is 747. The van der Waals surface area contributed by atoms with Gasteiger partial charge in [0.05, 0.1) is 5.41 Å². The summed E-state index contributed by atoms with van der Waals surface area (Å²) in [5.41, 5.74) is 0.289. The quantitative estimate of drug-likeness (QED) is 0.723. The normalized spacial score (nSPS) is 47.8. The van der Waals surface area contributed by atoms with E-state index in [0.29, 0.717) is 23.5 Å². The summed E-state index contributed by atoms with van der Waals surface area (Å²) in [5, 5.41) is 20.0. The number of aliphatic hydroxyl groups excluding tert-OH is 2. The Morgan fingerprint density at radius 2 is 1.88 bits per heavy atom. The van der Waals surface area contributed by atoms with Gasteiger partial charge in [0.25, 0.3) is 0 Å². The zero-order chi connectivity index (χ0) is 19.0. The molecule has 7 atom stereocenters. The van der Waals surface area contributed by atoms with E-state index in [2.05, 4.69) is 13.8 Å². The largest absolute Gasteiger partial charge is 0.504 e. The van der Waals surface area contributed by atoms with Gasteiger partial charge in [0, 0.05) is 5.92 Å². The standard InChI is InChI=1S/C22H30O4/c1-11-9-16-14-6-5-13-10-17(24)19(25)20(26)22(13,4)15(14)7-8-21(16,3)18(11)12(2)23/h10-11,14-16,18,24-25H,5-9H2,1-4H3/t11?,14-,15+,16+,18-,21+,22+/m1/s1. The number of rotatable bonds is 1. The molecule has 142 valence electrons. The first-order chi connectivity index (χ1) is 12.1. The fraction of sp³-hybridized carbons (Fsp3) is 0.727. The second-order valence-electron chi connectivity index (χ2n) is 9.70. The van der Waals surface area contributed by atoms with Gasteiger partial charge >= 0.3 is 0 Å². The SMILES string of the molecule is CC(=O)[C@H]1C(C)C[C@H]2[C@@H]3CCC4=CC(O)=C(O)C(=O)[C@]4(C)[C@H]3CC[C@]12C. The molecule has 4 aliphatic carbocycles. The predicted octanol–water partition coefficient (Wildman–Crippen LogP) is 4.52. The number of carbonyl (C=O) groups is 2. The maximum Gasteiger partial charge on any atom is 0.211 e. The van der Waals surface area contributed by atoms with Gasteiger partial charge in [-0.05, 0) is 81.1 Å². The van der Waals surface area contributed by atoms with Crippen LogP contribution in [0.25, 0.3) is 0 Å². The van der Waals surface area contributed by atoms with Crippen molar-refractivity contribution >= 4 is 11.6 Å². The Balaban J connectivity index is 1.74. The number of allylic oxidation sites excluding steroid dienone is 3. The summed E-state index contributed by atoms with van der Waals surface area (Å²) in [4.78, 5) is 25.4. The molecule has 0 bridgehead atoms. The van der Waals surface area contributed by atoms with Crippen LogP contribution in [0, 0.1) is 40.4 Å². The van der Waals surface area contributed by atoms with Crippen LogP contribution >= 0.6 is 0 Å². The molecule has 0 heterocycles. The lowest BCUT2D eigenvalue weighted by Crippen LogP contribution is -2.53. The molecule has 0 aliphatic heterocycles. The van der Waals surface area contributed by atoms with Crippen molar-refractivity contribution in [1.82, 2.24) is 0 Å². The Hall–Kier alpha value is -1.58. The highest BCUT2D eigenvalue weighted by atomic mass is 16.3. The number of fused-ring (bicyclic) bond motifs is 5. The maximum atomic E-state index is 13.0. The van der Waals surface area contributed by atoms with Gasteiger partial charge in [-0.25, -0.2) is 0 Å². The van der Waals surface area contributed by atoms with E-state index in [1.165, 1.54) is 0 Å². The van der Waals surface area contributed by atoms with Crippen molar-refractivity contribution in [3.63, 3.8) is 0 Å². The summed E-state index contributed by atoms with van der Waals surface area (Å²) in [6, 6.07) is 0. The number of Topliss-reactive ketones (excluding diaryl/α,β-unsaturated/α-hetero) is 2. The second-order valence-corrected chi connectivity index (χ2v) is 9.70. The predicted molar refractivity (Wildman–Crippen MR) is 98.5 cm³/mol. The lowest BCUT2D eigenvalue weighted by Gasteiger charge is -2.56. The monoisotopic (exact) mass is 358 g/mol. The summed E-state index contributed by atoms with van der Waals surface area (Å²) in [6.45, 7) is 8.20. The van der Waals surface area contributed by atoms with Crippen molar-refractivity contribution in [2.75, 3.05) is 0 Å². The summed E-state index contributed by atoms with van der Waals surface area (Å²) in [7, 11) is 0. The van der Waals surface area contributed by atoms with E-state index in [0.717, 1.165) is 37.7 Å². The molecule has 0 saturated heterocycles. The zero-order valence-electron chi connectivity index (χ0n) is 16.2. The van der Waals surface area contributed by atoms with Gasteiger partial charge in [-0.3, -0.25) is 9.59 Å². The number of hydrogen-bond donors (Lipinski definition) is 2. The second kappa shape index (κ2) is 5.46. The molecule has 3 saturated carbocycles. The highest BCUT2D eigenvalue weighted by molar-refractivity contribution is 6.02. The molecule has 2 N–H and O–H groups in total. The van der Waals surface area contributed by atoms with Crippen molar-refractivity contribution in [1.29, 1.82) is 0 Å². The minimum Gasteiger partial charge on any atom is -0.504 e. The molecule has 0 aromatic rings. The molecule has 3 fully saturated rings. The molecule has 1 unspecified atom stereocenters. The molecule has 26 heavy (non-hydrogen) atoms. The molecule has 0 spiro atoms. The fourth-order valence-electron chi connectivity index (χ4n) is 7.59. The van der Waals surface area contributed by atoms with Crippen LogP contribution in [-0.2, 0) is 9.59 Å². The molecular formula is C22H30O4. The maximum absolute atomic E-state index is 13.0. The number of carbonyl (C=O) groups excluding carboxylic acids is 2. The molecule has 0 radical (unpaired) electrons. The first-order valence-corrected chi connectivity index (χ1v) is 10.0. The van der Waals surface area contributed by atoms with Gasteiger partial charge in [0.1, 0.15) is 5.78 Å². The van der Waals surface area contributed by atoms with E-state index >= 15 is 0 Å². The van der Waals surface area contributed by atoms with Crippen molar-refractivity contribution in [3.05, 3.63) is 23.2 Å². The van der Waals surface area contributed by atoms with Crippen LogP contribution < -0.4 is 0 Å². The van der Waals surface area contributed by atoms with Crippen molar-refractivity contribution in [2.45, 2.75) is 59.8 Å². The van der Waals surface area contributed by atoms with Gasteiger partial charge < -0.3 is 10.2 Å². The topological polar surface area (TPSA) is 74.6 Å². The van der Waals surface area contributed by atoms with E-state index < -0.39 is 11.2 Å². The van der Waals surface area contributed by atoms with Gasteiger partial charge in [-0.2, -0.15) is 0 Å². The molecule has 0 amide bonds. The lowest BCUT2D eigenvalue weighted by molar-refractivity contribution is -0.138. The Labute approximate surface area is 155 Å². The van der Waals surface area contributed by atoms with E-state index in [9.17, 15) is 19.8 Å². The molecule has 4 aliphatic rings. The third-order valence-electron chi connectivity index (χ3n) is 8.61. The van der Waals surface area contributed by atoms with Crippen LogP contribution in [0.1, 0.15) is 59.8 Å². The highest BCUT2D eigenvalue weighted by Gasteiger charge is 2.63. The van der Waals surface area contributed by atoms with Crippen LogP contribution in [0.15, 0.2) is 23.2 Å². The first-order valence-electron chi connectivity index (χ1n) is 10.0. The van der Waals surface area contributed by atoms with Crippen LogP contribution in [0.5, 0.6) is 0 Å². The lowest BCUT2D eigenvalue weighted by atomic mass is 9.46. The van der Waals surface area contributed by atoms with Gasteiger partial charge in [0.2, 0.25) is 11.5 Å². The summed E-state index contributed by atoms with van der Waals surface area (Å²) >= 11 is 0. The summed E-state index contributed by atoms with van der Waals surface area (Å²) in [5.74, 6) is 0.781. The third-order valence-corrected chi connectivity index (χ3v) is 8.61. The van der Waals surface area contributed by atoms with Gasteiger partial charge in [-0.15, -0.1) is 0 Å². The smallest absolute Gasteiger partial charge is 0.211 e. The minimum absolute atomic E-state index is 0.0295. The fourth-order valence-corrected chi connectivity index (χ4v) is 7.59. The molecule has 0 aromatic heterocycles. The number of hydrogen-bond acceptors (Lipinski definition) is 4. The summed E-state index contributed by atoms with van der Waals surface area (Å²) < 4.78 is 0. The van der Waals surface area contributed by atoms with Crippen molar-refractivity contribution < 1.29 is 19.8 Å². The van der Waals surface area contributed by atoms with E-state index in [-0.39, 0.29) is 28.8 Å². The molecule has 4 rings (SSSR count).